The lowest BCUT2D eigenvalue weighted by molar-refractivity contribution is -0.384. The second-order valence-electron chi connectivity index (χ2n) is 5.04. The number of non-ortho nitro benzene ring substituents is 1. The number of aromatic nitrogens is 3. The monoisotopic (exact) mass is 358 g/mol. The highest BCUT2D eigenvalue weighted by atomic mass is 32.2. The zero-order valence-corrected chi connectivity index (χ0v) is 14.7. The lowest BCUT2D eigenvalue weighted by Gasteiger charge is -2.06. The Kier molecular flexibility index (Phi) is 4.86. The highest BCUT2D eigenvalue weighted by Crippen LogP contribution is 2.31. The lowest BCUT2D eigenvalue weighted by Crippen LogP contribution is -1.97. The van der Waals surface area contributed by atoms with E-state index in [0.29, 0.717) is 5.82 Å². The summed E-state index contributed by atoms with van der Waals surface area (Å²) in [5.41, 5.74) is 2.73. The van der Waals surface area contributed by atoms with Crippen LogP contribution in [0, 0.1) is 17.0 Å². The third-order valence-electron chi connectivity index (χ3n) is 3.24. The molecule has 0 saturated carbocycles. The Labute approximate surface area is 147 Å². The molecule has 0 bridgehead atoms. The van der Waals surface area contributed by atoms with Gasteiger partial charge in [0.25, 0.3) is 5.69 Å². The van der Waals surface area contributed by atoms with Gasteiger partial charge in [-0.2, -0.15) is 0 Å². The van der Waals surface area contributed by atoms with Crippen LogP contribution >= 0.6 is 23.1 Å². The summed E-state index contributed by atoms with van der Waals surface area (Å²) in [5.74, 6) is 0.569. The Bertz CT molecular complexity index is 878. The summed E-state index contributed by atoms with van der Waals surface area (Å²) in [5, 5.41) is 13.6. The first-order valence-electron chi connectivity index (χ1n) is 7.28. The summed E-state index contributed by atoms with van der Waals surface area (Å²) in [7, 11) is 0. The van der Waals surface area contributed by atoms with Crippen molar-refractivity contribution in [3.63, 3.8) is 0 Å². The van der Waals surface area contributed by atoms with Gasteiger partial charge in [0, 0.05) is 34.5 Å². The van der Waals surface area contributed by atoms with Gasteiger partial charge in [-0.15, -0.1) is 11.3 Å². The summed E-state index contributed by atoms with van der Waals surface area (Å²) in [6.45, 7) is 3.99. The van der Waals surface area contributed by atoms with Crippen LogP contribution in [0.25, 0.3) is 11.4 Å². The van der Waals surface area contributed by atoms with Crippen LogP contribution in [0.2, 0.25) is 0 Å². The van der Waals surface area contributed by atoms with Gasteiger partial charge in [0.05, 0.1) is 4.92 Å². The molecule has 0 radical (unpaired) electrons. The molecule has 0 saturated heterocycles. The van der Waals surface area contributed by atoms with Gasteiger partial charge >= 0.3 is 0 Å². The molecule has 8 heteroatoms. The molecule has 0 aliphatic rings. The molecule has 3 rings (SSSR count). The molecule has 2 heterocycles. The van der Waals surface area contributed by atoms with Crippen LogP contribution in [-0.4, -0.2) is 19.9 Å². The maximum absolute atomic E-state index is 10.8. The molecule has 0 aliphatic carbocycles. The Morgan fingerprint density at radius 1 is 1.21 bits per heavy atom. The second-order valence-corrected chi connectivity index (χ2v) is 7.16. The van der Waals surface area contributed by atoms with Crippen molar-refractivity contribution in [3.05, 3.63) is 57.2 Å². The summed E-state index contributed by atoms with van der Waals surface area (Å²) < 4.78 is 0.933. The van der Waals surface area contributed by atoms with Crippen LogP contribution < -0.4 is 0 Å². The van der Waals surface area contributed by atoms with Crippen molar-refractivity contribution in [1.29, 1.82) is 0 Å². The highest BCUT2D eigenvalue weighted by Gasteiger charge is 2.11. The van der Waals surface area contributed by atoms with Gasteiger partial charge in [0.1, 0.15) is 5.03 Å². The van der Waals surface area contributed by atoms with E-state index in [9.17, 15) is 10.1 Å². The highest BCUT2D eigenvalue weighted by molar-refractivity contribution is 8.01. The third kappa shape index (κ3) is 3.77. The fourth-order valence-electron chi connectivity index (χ4n) is 2.04. The molecule has 0 fully saturated rings. The molecule has 122 valence electrons. The number of nitrogens with zero attached hydrogens (tertiary/aromatic N) is 4. The maximum atomic E-state index is 10.8. The van der Waals surface area contributed by atoms with Gasteiger partial charge in [-0.05, 0) is 43.3 Å². The quantitative estimate of drug-likeness (QED) is 0.378. The van der Waals surface area contributed by atoms with Crippen molar-refractivity contribution in [1.82, 2.24) is 15.0 Å². The molecule has 0 atom stereocenters. The molecule has 0 unspecified atom stereocenters. The van der Waals surface area contributed by atoms with Crippen molar-refractivity contribution in [2.45, 2.75) is 29.6 Å². The Balaban J connectivity index is 1.95. The smallest absolute Gasteiger partial charge is 0.258 e. The standard InChI is InChI=1S/C16H14N4O2S2/c1-3-12-8-14(24-16-17-10(2)9-23-16)19-15(18-12)11-4-6-13(7-5-11)20(21)22/h4-9H,3H2,1-2H3. The molecule has 0 amide bonds. The fraction of sp³-hybridized carbons (Fsp3) is 0.188. The summed E-state index contributed by atoms with van der Waals surface area (Å²) >= 11 is 3.08. The van der Waals surface area contributed by atoms with E-state index in [1.165, 1.54) is 23.9 Å². The SMILES string of the molecule is CCc1cc(Sc2nc(C)cs2)nc(-c2ccc([N+](=O)[O-])cc2)n1. The number of hydrogen-bond donors (Lipinski definition) is 0. The number of hydrogen-bond acceptors (Lipinski definition) is 7. The van der Waals surface area contributed by atoms with E-state index in [-0.39, 0.29) is 5.69 Å². The number of nitro groups is 1. The van der Waals surface area contributed by atoms with E-state index in [1.807, 2.05) is 25.3 Å². The largest absolute Gasteiger partial charge is 0.269 e. The van der Waals surface area contributed by atoms with Crippen LogP contribution in [0.5, 0.6) is 0 Å². The number of thiazole rings is 1. The van der Waals surface area contributed by atoms with E-state index in [4.69, 9.17) is 0 Å². The molecule has 6 nitrogen and oxygen atoms in total. The molecular weight excluding hydrogens is 344 g/mol. The van der Waals surface area contributed by atoms with Gasteiger partial charge in [-0.1, -0.05) is 6.92 Å². The normalized spacial score (nSPS) is 10.8. The van der Waals surface area contributed by atoms with E-state index in [2.05, 4.69) is 15.0 Å². The first-order chi connectivity index (χ1) is 11.5. The zero-order chi connectivity index (χ0) is 17.1. The van der Waals surface area contributed by atoms with Crippen molar-refractivity contribution in [3.8, 4) is 11.4 Å². The van der Waals surface area contributed by atoms with Gasteiger partial charge in [0.15, 0.2) is 10.2 Å². The number of benzene rings is 1. The number of nitro benzene ring substituents is 1. The van der Waals surface area contributed by atoms with Crippen LogP contribution in [0.3, 0.4) is 0 Å². The first-order valence-corrected chi connectivity index (χ1v) is 8.97. The average molecular weight is 358 g/mol. The molecule has 1 aromatic carbocycles. The molecule has 0 spiro atoms. The van der Waals surface area contributed by atoms with Gasteiger partial charge in [-0.25, -0.2) is 15.0 Å². The van der Waals surface area contributed by atoms with Crippen LogP contribution in [0.4, 0.5) is 5.69 Å². The van der Waals surface area contributed by atoms with Crippen molar-refractivity contribution in [2.75, 3.05) is 0 Å². The van der Waals surface area contributed by atoms with Crippen molar-refractivity contribution >= 4 is 28.8 Å². The molecule has 3 aromatic rings. The minimum absolute atomic E-state index is 0.0539. The van der Waals surface area contributed by atoms with E-state index in [1.54, 1.807) is 23.5 Å². The number of rotatable bonds is 5. The summed E-state index contributed by atoms with van der Waals surface area (Å²) in [6, 6.07) is 8.24. The van der Waals surface area contributed by atoms with E-state index in [0.717, 1.165) is 32.7 Å². The zero-order valence-electron chi connectivity index (χ0n) is 13.1. The van der Waals surface area contributed by atoms with E-state index >= 15 is 0 Å². The molecular formula is C16H14N4O2S2. The summed E-state index contributed by atoms with van der Waals surface area (Å²) in [4.78, 5) is 23.9. The predicted molar refractivity (Wildman–Crippen MR) is 94.5 cm³/mol. The Hall–Kier alpha value is -2.32. The molecule has 0 N–H and O–H groups in total. The van der Waals surface area contributed by atoms with Crippen LogP contribution in [0.1, 0.15) is 18.3 Å². The van der Waals surface area contributed by atoms with Gasteiger partial charge in [0.2, 0.25) is 0 Å². The third-order valence-corrected chi connectivity index (χ3v) is 5.22. The van der Waals surface area contributed by atoms with Gasteiger partial charge < -0.3 is 0 Å². The van der Waals surface area contributed by atoms with E-state index < -0.39 is 4.92 Å². The second kappa shape index (κ2) is 7.06. The van der Waals surface area contributed by atoms with Gasteiger partial charge in [-0.3, -0.25) is 10.1 Å². The van der Waals surface area contributed by atoms with Crippen LogP contribution in [0.15, 0.2) is 45.1 Å². The summed E-state index contributed by atoms with van der Waals surface area (Å²) in [6.07, 6.45) is 0.785. The Morgan fingerprint density at radius 2 is 1.96 bits per heavy atom. The first kappa shape index (κ1) is 16.5. The van der Waals surface area contributed by atoms with Crippen LogP contribution in [-0.2, 0) is 6.42 Å². The lowest BCUT2D eigenvalue weighted by atomic mass is 10.2. The van der Waals surface area contributed by atoms with Crippen molar-refractivity contribution in [2.24, 2.45) is 0 Å². The topological polar surface area (TPSA) is 81.8 Å². The molecule has 24 heavy (non-hydrogen) atoms. The average Bonchev–Trinajstić information content (AvgIpc) is 2.99. The Morgan fingerprint density at radius 3 is 2.54 bits per heavy atom. The minimum atomic E-state index is -0.417. The molecule has 2 aromatic heterocycles. The maximum Gasteiger partial charge on any atom is 0.269 e. The minimum Gasteiger partial charge on any atom is -0.258 e. The van der Waals surface area contributed by atoms with Crippen molar-refractivity contribution < 1.29 is 4.92 Å². The molecule has 0 aliphatic heterocycles. The number of aryl methyl sites for hydroxylation is 2. The predicted octanol–water partition coefficient (Wildman–Crippen LogP) is 4.53. The fourth-order valence-corrected chi connectivity index (χ4v) is 3.85.